The molecule has 0 aliphatic rings. The molecule has 0 saturated carbocycles. The number of carbonyl (C=O) groups excluding carboxylic acids is 1. The summed E-state index contributed by atoms with van der Waals surface area (Å²) in [5.41, 5.74) is -0.996. The summed E-state index contributed by atoms with van der Waals surface area (Å²) in [6.07, 6.45) is 21.5. The zero-order valence-electron chi connectivity index (χ0n) is 20.8. The van der Waals surface area contributed by atoms with E-state index < -0.39 is 27.2 Å². The summed E-state index contributed by atoms with van der Waals surface area (Å²) in [4.78, 5) is 32.3. The van der Waals surface area contributed by atoms with Gasteiger partial charge in [-0.25, -0.2) is 0 Å². The summed E-state index contributed by atoms with van der Waals surface area (Å²) in [5, 5.41) is 21.9. The minimum Gasteiger partial charge on any atom is -0.419 e. The number of non-ortho nitro benzene ring substituents is 1. The van der Waals surface area contributed by atoms with Crippen LogP contribution in [0, 0.1) is 20.2 Å². The van der Waals surface area contributed by atoms with Gasteiger partial charge in [-0.1, -0.05) is 110 Å². The fourth-order valence-corrected chi connectivity index (χ4v) is 4.02. The average molecular weight is 479 g/mol. The van der Waals surface area contributed by atoms with Crippen molar-refractivity contribution in [2.24, 2.45) is 0 Å². The maximum Gasteiger partial charge on any atom is 0.318 e. The van der Waals surface area contributed by atoms with Gasteiger partial charge in [-0.3, -0.25) is 25.0 Å². The van der Waals surface area contributed by atoms with Gasteiger partial charge in [-0.15, -0.1) is 0 Å². The van der Waals surface area contributed by atoms with E-state index in [2.05, 4.69) is 6.92 Å². The van der Waals surface area contributed by atoms with Gasteiger partial charge in [0.1, 0.15) is 0 Å². The Morgan fingerprint density at radius 3 is 1.56 bits per heavy atom. The van der Waals surface area contributed by atoms with Crippen molar-refractivity contribution in [2.75, 3.05) is 0 Å². The van der Waals surface area contributed by atoms with Crippen molar-refractivity contribution < 1.29 is 19.4 Å². The molecule has 0 unspecified atom stereocenters. The number of hydrogen-bond donors (Lipinski definition) is 0. The fourth-order valence-electron chi connectivity index (χ4n) is 4.02. The molecule has 1 aromatic carbocycles. The van der Waals surface area contributed by atoms with Gasteiger partial charge in [0.2, 0.25) is 5.75 Å². The highest BCUT2D eigenvalue weighted by Gasteiger charge is 2.22. The molecule has 0 heterocycles. The van der Waals surface area contributed by atoms with Crippen molar-refractivity contribution in [3.05, 3.63) is 38.4 Å². The fraction of sp³-hybridized carbons (Fsp3) is 0.731. The number of benzene rings is 1. The molecule has 0 spiro atoms. The minimum absolute atomic E-state index is 0.173. The number of nitrogens with zero attached hydrogens (tertiary/aromatic N) is 2. The Balaban J connectivity index is 2.00. The van der Waals surface area contributed by atoms with Crippen LogP contribution in [0.4, 0.5) is 11.4 Å². The zero-order valence-corrected chi connectivity index (χ0v) is 20.8. The van der Waals surface area contributed by atoms with Crippen LogP contribution < -0.4 is 4.74 Å². The van der Waals surface area contributed by atoms with Gasteiger partial charge in [0.25, 0.3) is 5.69 Å². The number of ether oxygens (including phenoxy) is 1. The van der Waals surface area contributed by atoms with E-state index in [1.807, 2.05) is 0 Å². The van der Waals surface area contributed by atoms with E-state index in [0.717, 1.165) is 37.5 Å². The summed E-state index contributed by atoms with van der Waals surface area (Å²) < 4.78 is 5.07. The van der Waals surface area contributed by atoms with Gasteiger partial charge >= 0.3 is 11.7 Å². The molecule has 0 aromatic heterocycles. The van der Waals surface area contributed by atoms with Crippen molar-refractivity contribution in [1.29, 1.82) is 0 Å². The molecular formula is C26H42N2O6. The van der Waals surface area contributed by atoms with Crippen LogP contribution in [0.15, 0.2) is 18.2 Å². The molecule has 0 atom stereocenters. The first kappa shape index (κ1) is 29.5. The van der Waals surface area contributed by atoms with Gasteiger partial charge in [-0.2, -0.15) is 0 Å². The van der Waals surface area contributed by atoms with Crippen LogP contribution in [0.25, 0.3) is 0 Å². The second-order valence-corrected chi connectivity index (χ2v) is 9.05. The Morgan fingerprint density at radius 2 is 1.15 bits per heavy atom. The number of esters is 1. The van der Waals surface area contributed by atoms with Crippen LogP contribution in [0.3, 0.4) is 0 Å². The largest absolute Gasteiger partial charge is 0.419 e. The molecule has 0 saturated heterocycles. The number of unbranched alkanes of at least 4 members (excludes halogenated alkanes) is 16. The van der Waals surface area contributed by atoms with Crippen molar-refractivity contribution >= 4 is 17.3 Å². The number of carbonyl (C=O) groups is 1. The van der Waals surface area contributed by atoms with Crippen molar-refractivity contribution in [2.45, 2.75) is 122 Å². The van der Waals surface area contributed by atoms with Gasteiger partial charge in [0.05, 0.1) is 15.9 Å². The number of rotatable bonds is 21. The van der Waals surface area contributed by atoms with Crippen LogP contribution in [0.1, 0.15) is 122 Å². The standard InChI is InChI=1S/C26H42N2O6/c1-2-3-4-5-6-7-8-9-10-11-12-13-14-15-16-17-18-19-26(29)34-25-21-20-23(27(30)31)22-24(25)28(32)33/h20-22H,2-19H2,1H3. The SMILES string of the molecule is CCCCCCCCCCCCCCCCCCCC(=O)Oc1ccc([N+](=O)[O-])cc1[N+](=O)[O-]. The zero-order chi connectivity index (χ0) is 25.0. The topological polar surface area (TPSA) is 113 Å². The monoisotopic (exact) mass is 478 g/mol. The van der Waals surface area contributed by atoms with Crippen molar-refractivity contribution in [3.63, 3.8) is 0 Å². The smallest absolute Gasteiger partial charge is 0.318 e. The summed E-state index contributed by atoms with van der Waals surface area (Å²) in [6, 6.07) is 2.99. The van der Waals surface area contributed by atoms with E-state index in [0.29, 0.717) is 6.42 Å². The number of nitro groups is 2. The molecule has 1 rings (SSSR count). The predicted octanol–water partition coefficient (Wildman–Crippen LogP) is 8.45. The molecule has 0 radical (unpaired) electrons. The first-order chi connectivity index (χ1) is 16.5. The van der Waals surface area contributed by atoms with Gasteiger partial charge in [0.15, 0.2) is 0 Å². The van der Waals surface area contributed by atoms with Crippen LogP contribution in [0.2, 0.25) is 0 Å². The third-order valence-corrected chi connectivity index (χ3v) is 6.06. The highest BCUT2D eigenvalue weighted by molar-refractivity contribution is 5.74. The van der Waals surface area contributed by atoms with Gasteiger partial charge < -0.3 is 4.74 Å². The molecular weight excluding hydrogens is 436 g/mol. The molecule has 0 aliphatic heterocycles. The van der Waals surface area contributed by atoms with Crippen LogP contribution >= 0.6 is 0 Å². The number of hydrogen-bond acceptors (Lipinski definition) is 6. The lowest BCUT2D eigenvalue weighted by molar-refractivity contribution is -0.394. The third kappa shape index (κ3) is 13.9. The van der Waals surface area contributed by atoms with Crippen LogP contribution in [-0.4, -0.2) is 15.8 Å². The lowest BCUT2D eigenvalue weighted by atomic mass is 10.0. The average Bonchev–Trinajstić information content (AvgIpc) is 2.81. The highest BCUT2D eigenvalue weighted by Crippen LogP contribution is 2.31. The second-order valence-electron chi connectivity index (χ2n) is 9.05. The maximum atomic E-state index is 12.0. The molecule has 0 N–H and O–H groups in total. The summed E-state index contributed by atoms with van der Waals surface area (Å²) >= 11 is 0. The molecule has 8 heteroatoms. The van der Waals surface area contributed by atoms with Gasteiger partial charge in [-0.05, 0) is 12.5 Å². The Kier molecular flexibility index (Phi) is 16.4. The van der Waals surface area contributed by atoms with E-state index in [1.54, 1.807) is 0 Å². The Hall–Kier alpha value is -2.51. The molecule has 1 aromatic rings. The molecule has 8 nitrogen and oxygen atoms in total. The van der Waals surface area contributed by atoms with Gasteiger partial charge in [0, 0.05) is 12.5 Å². The summed E-state index contributed by atoms with van der Waals surface area (Å²) in [6.45, 7) is 2.26. The third-order valence-electron chi connectivity index (χ3n) is 6.06. The van der Waals surface area contributed by atoms with Crippen molar-refractivity contribution in [1.82, 2.24) is 0 Å². The first-order valence-corrected chi connectivity index (χ1v) is 13.1. The minimum atomic E-state index is -0.786. The molecule has 0 fully saturated rings. The van der Waals surface area contributed by atoms with E-state index in [9.17, 15) is 25.0 Å². The van der Waals surface area contributed by atoms with Crippen LogP contribution in [0.5, 0.6) is 5.75 Å². The van der Waals surface area contributed by atoms with Crippen LogP contribution in [-0.2, 0) is 4.79 Å². The Morgan fingerprint density at radius 1 is 0.706 bits per heavy atom. The lowest BCUT2D eigenvalue weighted by Crippen LogP contribution is -2.09. The molecule has 34 heavy (non-hydrogen) atoms. The highest BCUT2D eigenvalue weighted by atomic mass is 16.6. The maximum absolute atomic E-state index is 12.0. The molecule has 0 aliphatic carbocycles. The van der Waals surface area contributed by atoms with E-state index in [-0.39, 0.29) is 12.2 Å². The van der Waals surface area contributed by atoms with E-state index in [4.69, 9.17) is 4.74 Å². The lowest BCUT2D eigenvalue weighted by Gasteiger charge is -2.05. The van der Waals surface area contributed by atoms with Crippen molar-refractivity contribution in [3.8, 4) is 5.75 Å². The number of nitro benzene ring substituents is 2. The normalized spacial score (nSPS) is 10.9. The molecule has 0 bridgehead atoms. The summed E-state index contributed by atoms with van der Waals surface area (Å²) in [5.74, 6) is -0.814. The molecule has 192 valence electrons. The Bertz CT molecular complexity index is 738. The quantitative estimate of drug-likeness (QED) is 0.0575. The van der Waals surface area contributed by atoms with E-state index in [1.165, 1.54) is 83.5 Å². The summed E-state index contributed by atoms with van der Waals surface area (Å²) in [7, 11) is 0. The van der Waals surface area contributed by atoms with E-state index >= 15 is 0 Å². The first-order valence-electron chi connectivity index (χ1n) is 13.1. The Labute approximate surface area is 203 Å². The second kappa shape index (κ2) is 18.9. The predicted molar refractivity (Wildman–Crippen MR) is 134 cm³/mol. The molecule has 0 amide bonds.